The minimum atomic E-state index is 0.681. The Morgan fingerprint density at radius 1 is 0.283 bits per heavy atom. The molecule has 4 aromatic carbocycles. The van der Waals surface area contributed by atoms with Crippen LogP contribution in [-0.2, 0) is 0 Å². The van der Waals surface area contributed by atoms with E-state index in [1.807, 2.05) is 109 Å². The number of fused-ring (bicyclic) bond motifs is 4. The van der Waals surface area contributed by atoms with Gasteiger partial charge < -0.3 is 0 Å². The highest BCUT2D eigenvalue weighted by molar-refractivity contribution is 6.22. The van der Waals surface area contributed by atoms with Crippen LogP contribution in [0.5, 0.6) is 0 Å². The van der Waals surface area contributed by atoms with E-state index in [0.717, 1.165) is 78.2 Å². The Hall–Kier alpha value is -8.36. The molecule has 8 nitrogen and oxygen atoms in total. The highest BCUT2D eigenvalue weighted by Crippen LogP contribution is 2.36. The molecule has 0 N–H and O–H groups in total. The summed E-state index contributed by atoms with van der Waals surface area (Å²) in [7, 11) is 0. The number of aromatic nitrogens is 6. The monoisotopic (exact) mass is 768 g/mol. The van der Waals surface area contributed by atoms with Gasteiger partial charge >= 0.3 is 0 Å². The van der Waals surface area contributed by atoms with E-state index < -0.39 is 0 Å². The minimum Gasteiger partial charge on any atom is -0.255 e. The Morgan fingerprint density at radius 2 is 0.667 bits per heavy atom. The fraction of sp³-hybridized carbons (Fsp3) is 0. The third-order valence-corrected chi connectivity index (χ3v) is 10.6. The molecule has 0 bridgehead atoms. The Bertz CT molecular complexity index is 3070. The summed E-state index contributed by atoms with van der Waals surface area (Å²) in [6.07, 6.45) is 3.57. The first-order valence-corrected chi connectivity index (χ1v) is 19.7. The lowest BCUT2D eigenvalue weighted by Crippen LogP contribution is -2.13. The molecule has 0 saturated heterocycles. The Balaban J connectivity index is 1.05. The third-order valence-electron chi connectivity index (χ3n) is 10.6. The fourth-order valence-corrected chi connectivity index (χ4v) is 7.58. The third kappa shape index (κ3) is 6.58. The van der Waals surface area contributed by atoms with Gasteiger partial charge in [0.25, 0.3) is 0 Å². The topological polar surface area (TPSA) is 102 Å². The summed E-state index contributed by atoms with van der Waals surface area (Å²) in [6.45, 7) is 0. The largest absolute Gasteiger partial charge is 0.255 e. The highest BCUT2D eigenvalue weighted by Gasteiger charge is 2.24. The van der Waals surface area contributed by atoms with Crippen molar-refractivity contribution < 1.29 is 0 Å². The first-order valence-electron chi connectivity index (χ1n) is 19.7. The van der Waals surface area contributed by atoms with Crippen LogP contribution in [0.4, 0.5) is 11.4 Å². The van der Waals surface area contributed by atoms with Gasteiger partial charge in [-0.05, 0) is 72.8 Å². The summed E-state index contributed by atoms with van der Waals surface area (Å²) in [5.74, 6) is 0. The van der Waals surface area contributed by atoms with Gasteiger partial charge in [-0.3, -0.25) is 9.97 Å². The lowest BCUT2D eigenvalue weighted by molar-refractivity contribution is 1.25. The van der Waals surface area contributed by atoms with Gasteiger partial charge in [-0.25, -0.2) is 29.9 Å². The fourth-order valence-electron chi connectivity index (χ4n) is 7.58. The minimum absolute atomic E-state index is 0.681. The Labute approximate surface area is 345 Å². The molecule has 0 aliphatic carbocycles. The number of hydrogen-bond acceptors (Lipinski definition) is 8. The van der Waals surface area contributed by atoms with E-state index in [-0.39, 0.29) is 0 Å². The summed E-state index contributed by atoms with van der Waals surface area (Å²) >= 11 is 0. The van der Waals surface area contributed by atoms with E-state index >= 15 is 0 Å². The molecule has 8 heteroatoms. The average molecular weight is 769 g/mol. The molecule has 0 fully saturated rings. The van der Waals surface area contributed by atoms with Crippen LogP contribution in [-0.4, -0.2) is 41.3 Å². The molecule has 1 aliphatic heterocycles. The second-order valence-corrected chi connectivity index (χ2v) is 14.4. The van der Waals surface area contributed by atoms with E-state index in [1.165, 1.54) is 0 Å². The molecule has 10 aromatic rings. The number of hydrogen-bond donors (Lipinski definition) is 0. The van der Waals surface area contributed by atoms with Crippen molar-refractivity contribution in [2.45, 2.75) is 0 Å². The number of para-hydroxylation sites is 2. The van der Waals surface area contributed by atoms with Gasteiger partial charge in [0.15, 0.2) is 0 Å². The zero-order chi connectivity index (χ0) is 39.8. The maximum absolute atomic E-state index is 5.47. The molecule has 7 heterocycles. The van der Waals surface area contributed by atoms with Crippen molar-refractivity contribution in [2.75, 3.05) is 0 Å². The number of rotatable bonds is 6. The quantitative estimate of drug-likeness (QED) is 0.167. The Morgan fingerprint density at radius 3 is 1.10 bits per heavy atom. The van der Waals surface area contributed by atoms with Crippen LogP contribution in [0, 0.1) is 0 Å². The van der Waals surface area contributed by atoms with Crippen molar-refractivity contribution >= 4 is 44.6 Å². The molecule has 6 aromatic heterocycles. The van der Waals surface area contributed by atoms with Gasteiger partial charge in [-0.2, -0.15) is 0 Å². The van der Waals surface area contributed by atoms with E-state index in [9.17, 15) is 0 Å². The molecular weight excluding hydrogens is 737 g/mol. The van der Waals surface area contributed by atoms with Crippen LogP contribution < -0.4 is 0 Å². The number of nitrogens with zero attached hydrogens (tertiary/aromatic N) is 8. The van der Waals surface area contributed by atoms with E-state index in [4.69, 9.17) is 29.9 Å². The normalized spacial score (nSPS) is 12.2. The van der Waals surface area contributed by atoms with Crippen molar-refractivity contribution in [2.24, 2.45) is 9.98 Å². The van der Waals surface area contributed by atoms with Gasteiger partial charge in [-0.15, -0.1) is 0 Å². The molecule has 60 heavy (non-hydrogen) atoms. The van der Waals surface area contributed by atoms with Gasteiger partial charge in [0.2, 0.25) is 0 Å². The molecule has 0 spiro atoms. The lowest BCUT2D eigenvalue weighted by atomic mass is 9.98. The summed E-state index contributed by atoms with van der Waals surface area (Å²) in [5.41, 5.74) is 14.6. The standard InChI is InChI=1S/C52H32N8/c1-3-13-41-37(11-1)31-47-51(57-41)49(35-25-21-33(22-26-35)39-17-9-19-45(55-39)43-15-5-7-29-53-43)60-48-32-38-12-2-4-14-42(38)58-52(48)50(59-47)36-27-23-34(24-28-36)40-18-10-20-46(56-40)44-16-6-8-30-54-44/h1-32H. The lowest BCUT2D eigenvalue weighted by Gasteiger charge is -2.18. The number of pyridine rings is 6. The molecule has 280 valence electrons. The van der Waals surface area contributed by atoms with E-state index in [1.54, 1.807) is 12.4 Å². The van der Waals surface area contributed by atoms with Crippen molar-refractivity contribution in [1.82, 2.24) is 29.9 Å². The van der Waals surface area contributed by atoms with E-state index in [0.29, 0.717) is 34.2 Å². The van der Waals surface area contributed by atoms with E-state index in [2.05, 4.69) is 82.8 Å². The number of benzene rings is 4. The van der Waals surface area contributed by atoms with Gasteiger partial charge in [0.1, 0.15) is 11.4 Å². The van der Waals surface area contributed by atoms with Gasteiger partial charge in [-0.1, -0.05) is 109 Å². The smallest absolute Gasteiger partial charge is 0.116 e. The molecular formula is C52H32N8. The second-order valence-electron chi connectivity index (χ2n) is 14.4. The highest BCUT2D eigenvalue weighted by atomic mass is 14.9. The van der Waals surface area contributed by atoms with Crippen LogP contribution in [0.3, 0.4) is 0 Å². The predicted octanol–water partition coefficient (Wildman–Crippen LogP) is 11.7. The average Bonchev–Trinajstić information content (AvgIpc) is 3.32. The summed E-state index contributed by atoms with van der Waals surface area (Å²) in [6, 6.07) is 60.8. The maximum atomic E-state index is 5.47. The Kier molecular flexibility index (Phi) is 8.63. The molecule has 0 amide bonds. The molecule has 11 rings (SSSR count). The van der Waals surface area contributed by atoms with Crippen molar-refractivity contribution in [3.8, 4) is 45.3 Å². The number of aliphatic imine (C=N–C) groups is 2. The molecule has 0 saturated carbocycles. The maximum Gasteiger partial charge on any atom is 0.116 e. The van der Waals surface area contributed by atoms with Crippen molar-refractivity contribution in [3.63, 3.8) is 0 Å². The van der Waals surface area contributed by atoms with Crippen LogP contribution in [0.2, 0.25) is 0 Å². The molecule has 0 unspecified atom stereocenters. The molecule has 1 aliphatic rings. The second kappa shape index (κ2) is 14.9. The summed E-state index contributed by atoms with van der Waals surface area (Å²) < 4.78 is 0. The van der Waals surface area contributed by atoms with Crippen LogP contribution >= 0.6 is 0 Å². The van der Waals surface area contributed by atoms with Crippen LogP contribution in [0.25, 0.3) is 67.1 Å². The zero-order valence-corrected chi connectivity index (χ0v) is 32.1. The van der Waals surface area contributed by atoms with Gasteiger partial charge in [0, 0.05) is 45.4 Å². The van der Waals surface area contributed by atoms with Crippen molar-refractivity contribution in [3.05, 3.63) is 217 Å². The summed E-state index contributed by atoms with van der Waals surface area (Å²) in [5, 5.41) is 1.96. The molecule has 0 atom stereocenters. The van der Waals surface area contributed by atoms with Crippen LogP contribution in [0.1, 0.15) is 22.5 Å². The van der Waals surface area contributed by atoms with Crippen LogP contribution in [0.15, 0.2) is 204 Å². The predicted molar refractivity (Wildman–Crippen MR) is 240 cm³/mol. The SMILES string of the molecule is c1ccc(-c2cccc(-c3ccc(C4=Nc5cc6ccccc6nc5C(c5ccc(-c6cccc(-c7ccccn7)n6)cc5)=Nc5cc6ccccc6nc54)cc3)n2)nc1. The zero-order valence-electron chi connectivity index (χ0n) is 32.1. The summed E-state index contributed by atoms with van der Waals surface area (Å²) in [4.78, 5) is 40.4. The molecule has 0 radical (unpaired) electrons. The van der Waals surface area contributed by atoms with Gasteiger partial charge in [0.05, 0.1) is 68.0 Å². The first-order chi connectivity index (χ1) is 29.7. The first kappa shape index (κ1) is 34.9. The van der Waals surface area contributed by atoms with Crippen molar-refractivity contribution in [1.29, 1.82) is 0 Å².